The Labute approximate surface area is 199 Å². The fourth-order valence-corrected chi connectivity index (χ4v) is 5.04. The zero-order valence-corrected chi connectivity index (χ0v) is 20.9. The number of nitrogens with zero attached hydrogens (tertiary/aromatic N) is 2. The van der Waals surface area contributed by atoms with Crippen LogP contribution in [0.4, 0.5) is 4.39 Å². The van der Waals surface area contributed by atoms with Crippen LogP contribution in [0, 0.1) is 11.7 Å². The molecule has 0 amide bonds. The van der Waals surface area contributed by atoms with Gasteiger partial charge in [-0.15, -0.1) is 0 Å². The van der Waals surface area contributed by atoms with E-state index >= 15 is 0 Å². The third-order valence-electron chi connectivity index (χ3n) is 6.76. The first-order valence-corrected chi connectivity index (χ1v) is 12.2. The van der Waals surface area contributed by atoms with Crippen LogP contribution in [0.25, 0.3) is 0 Å². The van der Waals surface area contributed by atoms with Crippen molar-refractivity contribution in [2.75, 3.05) is 39.8 Å². The van der Waals surface area contributed by atoms with Gasteiger partial charge in [-0.25, -0.2) is 4.39 Å². The van der Waals surface area contributed by atoms with Crippen LogP contribution < -0.4 is 0 Å². The number of hydrogen-bond donors (Lipinski definition) is 0. The zero-order valence-electron chi connectivity index (χ0n) is 19.3. The molecule has 1 atom stereocenters. The van der Waals surface area contributed by atoms with Crippen LogP contribution in [-0.4, -0.2) is 55.6 Å². The van der Waals surface area contributed by atoms with Gasteiger partial charge in [0.1, 0.15) is 5.82 Å². The van der Waals surface area contributed by atoms with E-state index in [2.05, 4.69) is 39.6 Å². The summed E-state index contributed by atoms with van der Waals surface area (Å²) in [6.07, 6.45) is 1.66. The first kappa shape index (κ1) is 24.9. The van der Waals surface area contributed by atoms with Crippen molar-refractivity contribution in [2.24, 2.45) is 5.92 Å². The molecule has 1 unspecified atom stereocenters. The molecular formula is C26H34BrFN2O2. The average Bonchev–Trinajstić information content (AvgIpc) is 2.79. The van der Waals surface area contributed by atoms with E-state index in [4.69, 9.17) is 4.74 Å². The Morgan fingerprint density at radius 3 is 2.28 bits per heavy atom. The molecule has 0 spiro atoms. The topological polar surface area (TPSA) is 32.8 Å². The van der Waals surface area contributed by atoms with Gasteiger partial charge in [0.15, 0.2) is 0 Å². The minimum atomic E-state index is -0.651. The largest absolute Gasteiger partial charge is 0.468 e. The monoisotopic (exact) mass is 504 g/mol. The van der Waals surface area contributed by atoms with Gasteiger partial charge >= 0.3 is 5.97 Å². The van der Waals surface area contributed by atoms with E-state index < -0.39 is 5.41 Å². The Morgan fingerprint density at radius 1 is 1.06 bits per heavy atom. The van der Waals surface area contributed by atoms with E-state index in [1.807, 2.05) is 36.4 Å². The molecule has 0 N–H and O–H groups in total. The second-order valence-corrected chi connectivity index (χ2v) is 9.85. The lowest BCUT2D eigenvalue weighted by atomic mass is 9.68. The third kappa shape index (κ3) is 5.77. The predicted molar refractivity (Wildman–Crippen MR) is 130 cm³/mol. The SMILES string of the molecule is COC(=O)C(CCCN1CCN(Cc2ccccc2F)CC1)(c1ccc(Br)cc1)C(C)C. The van der Waals surface area contributed by atoms with Crippen LogP contribution in [0.3, 0.4) is 0 Å². The summed E-state index contributed by atoms with van der Waals surface area (Å²) in [6.45, 7) is 9.55. The lowest BCUT2D eigenvalue weighted by molar-refractivity contribution is -0.150. The van der Waals surface area contributed by atoms with E-state index in [0.29, 0.717) is 6.54 Å². The van der Waals surface area contributed by atoms with Gasteiger partial charge in [0, 0.05) is 42.8 Å². The molecule has 1 aliphatic rings. The number of hydrogen-bond acceptors (Lipinski definition) is 4. The highest BCUT2D eigenvalue weighted by Crippen LogP contribution is 2.39. The van der Waals surface area contributed by atoms with Gasteiger partial charge in [0.05, 0.1) is 12.5 Å². The van der Waals surface area contributed by atoms with Crippen LogP contribution in [0.2, 0.25) is 0 Å². The summed E-state index contributed by atoms with van der Waals surface area (Å²) in [5.74, 6) is -0.172. The van der Waals surface area contributed by atoms with Crippen LogP contribution in [0.1, 0.15) is 37.8 Å². The molecular weight excluding hydrogens is 471 g/mol. The molecule has 32 heavy (non-hydrogen) atoms. The Balaban J connectivity index is 1.58. The maximum absolute atomic E-state index is 13.9. The maximum atomic E-state index is 13.9. The van der Waals surface area contributed by atoms with Crippen LogP contribution in [0.15, 0.2) is 53.0 Å². The number of carbonyl (C=O) groups excluding carboxylic acids is 1. The molecule has 2 aromatic rings. The summed E-state index contributed by atoms with van der Waals surface area (Å²) in [6, 6.07) is 15.1. The molecule has 2 aromatic carbocycles. The lowest BCUT2D eigenvalue weighted by Gasteiger charge is -2.38. The Kier molecular flexibility index (Phi) is 8.86. The molecule has 1 aliphatic heterocycles. The molecule has 0 radical (unpaired) electrons. The number of methoxy groups -OCH3 is 1. The molecule has 3 rings (SSSR count). The van der Waals surface area contributed by atoms with E-state index in [1.54, 1.807) is 6.07 Å². The summed E-state index contributed by atoms with van der Waals surface area (Å²) in [5.41, 5.74) is 1.12. The quantitative estimate of drug-likeness (QED) is 0.436. The third-order valence-corrected chi connectivity index (χ3v) is 7.29. The number of piperazine rings is 1. The van der Waals surface area contributed by atoms with Crippen molar-refractivity contribution in [2.45, 2.75) is 38.6 Å². The molecule has 0 saturated carbocycles. The first-order valence-electron chi connectivity index (χ1n) is 11.4. The molecule has 1 saturated heterocycles. The van der Waals surface area contributed by atoms with E-state index in [1.165, 1.54) is 13.2 Å². The Hall–Kier alpha value is -1.76. The number of carbonyl (C=O) groups is 1. The second kappa shape index (κ2) is 11.4. The summed E-state index contributed by atoms with van der Waals surface area (Å²) in [4.78, 5) is 17.8. The van der Waals surface area contributed by atoms with Crippen molar-refractivity contribution in [1.82, 2.24) is 9.80 Å². The number of benzene rings is 2. The van der Waals surface area contributed by atoms with Crippen molar-refractivity contribution in [3.05, 3.63) is 69.9 Å². The number of halogens is 2. The number of rotatable bonds is 9. The molecule has 4 nitrogen and oxygen atoms in total. The molecule has 0 aliphatic carbocycles. The minimum absolute atomic E-state index is 0.119. The average molecular weight is 505 g/mol. The van der Waals surface area contributed by atoms with Crippen LogP contribution >= 0.6 is 15.9 Å². The molecule has 174 valence electrons. The van der Waals surface area contributed by atoms with E-state index in [0.717, 1.165) is 61.2 Å². The van der Waals surface area contributed by atoms with Crippen molar-refractivity contribution >= 4 is 21.9 Å². The molecule has 0 aromatic heterocycles. The van der Waals surface area contributed by atoms with Gasteiger partial charge in [-0.2, -0.15) is 0 Å². The fraction of sp³-hybridized carbons (Fsp3) is 0.500. The van der Waals surface area contributed by atoms with Gasteiger partial charge in [0.2, 0.25) is 0 Å². The van der Waals surface area contributed by atoms with Gasteiger partial charge in [-0.1, -0.05) is 60.1 Å². The van der Waals surface area contributed by atoms with Crippen molar-refractivity contribution < 1.29 is 13.9 Å². The predicted octanol–water partition coefficient (Wildman–Crippen LogP) is 5.25. The highest BCUT2D eigenvalue weighted by atomic mass is 79.9. The summed E-state index contributed by atoms with van der Waals surface area (Å²) in [5, 5.41) is 0. The molecule has 6 heteroatoms. The Morgan fingerprint density at radius 2 is 1.69 bits per heavy atom. The molecule has 1 heterocycles. The highest BCUT2D eigenvalue weighted by Gasteiger charge is 2.44. The normalized spacial score (nSPS) is 17.3. The second-order valence-electron chi connectivity index (χ2n) is 8.94. The van der Waals surface area contributed by atoms with Gasteiger partial charge in [-0.3, -0.25) is 9.69 Å². The summed E-state index contributed by atoms with van der Waals surface area (Å²) < 4.78 is 20.2. The summed E-state index contributed by atoms with van der Waals surface area (Å²) in [7, 11) is 1.48. The Bertz CT molecular complexity index is 882. The molecule has 1 fully saturated rings. The minimum Gasteiger partial charge on any atom is -0.468 e. The maximum Gasteiger partial charge on any atom is 0.316 e. The van der Waals surface area contributed by atoms with Crippen LogP contribution in [0.5, 0.6) is 0 Å². The highest BCUT2D eigenvalue weighted by molar-refractivity contribution is 9.10. The fourth-order valence-electron chi connectivity index (χ4n) is 4.77. The van der Waals surface area contributed by atoms with Crippen molar-refractivity contribution in [3.63, 3.8) is 0 Å². The van der Waals surface area contributed by atoms with Crippen molar-refractivity contribution in [1.29, 1.82) is 0 Å². The van der Waals surface area contributed by atoms with E-state index in [9.17, 15) is 9.18 Å². The van der Waals surface area contributed by atoms with E-state index in [-0.39, 0.29) is 17.7 Å². The lowest BCUT2D eigenvalue weighted by Crippen LogP contribution is -2.47. The summed E-state index contributed by atoms with van der Waals surface area (Å²) >= 11 is 3.49. The number of esters is 1. The standard InChI is InChI=1S/C26H34BrFN2O2/c1-20(2)26(25(31)32-3,22-9-11-23(27)12-10-22)13-6-14-29-15-17-30(18-16-29)19-21-7-4-5-8-24(21)28/h4-5,7-12,20H,6,13-19H2,1-3H3. The first-order chi connectivity index (χ1) is 15.4. The zero-order chi connectivity index (χ0) is 23.1. The molecule has 0 bridgehead atoms. The van der Waals surface area contributed by atoms with Gasteiger partial charge in [0.25, 0.3) is 0 Å². The smallest absolute Gasteiger partial charge is 0.316 e. The van der Waals surface area contributed by atoms with Gasteiger partial charge < -0.3 is 9.64 Å². The van der Waals surface area contributed by atoms with Crippen molar-refractivity contribution in [3.8, 4) is 0 Å². The number of ether oxygens (including phenoxy) is 1. The van der Waals surface area contributed by atoms with Gasteiger partial charge in [-0.05, 0) is 49.1 Å². The van der Waals surface area contributed by atoms with Crippen LogP contribution in [-0.2, 0) is 21.5 Å².